The molecule has 0 atom stereocenters. The maximum Gasteiger partial charge on any atom is 0.269 e. The average molecular weight is 285 g/mol. The lowest BCUT2D eigenvalue weighted by molar-refractivity contribution is -0.658. The fourth-order valence-corrected chi connectivity index (χ4v) is 3.21. The molecular weight excluding hydrogens is 272 g/mol. The summed E-state index contributed by atoms with van der Waals surface area (Å²) in [5, 5.41) is 10.8. The highest BCUT2D eigenvalue weighted by Crippen LogP contribution is 2.19. The average Bonchev–Trinajstić information content (AvgIpc) is 2.81. The van der Waals surface area contributed by atoms with Gasteiger partial charge in [-0.15, -0.1) is 0 Å². The molecule has 0 N–H and O–H groups in total. The molecule has 100 valence electrons. The zero-order chi connectivity index (χ0) is 14.1. The fourth-order valence-electron chi connectivity index (χ4n) is 2.22. The molecule has 0 aliphatic carbocycles. The second-order valence-corrected chi connectivity index (χ2v) is 5.64. The molecule has 0 radical (unpaired) electrons. The summed E-state index contributed by atoms with van der Waals surface area (Å²) in [4.78, 5) is 10.4. The number of nitrogens with zero attached hydrogens (tertiary/aromatic N) is 2. The highest BCUT2D eigenvalue weighted by Gasteiger charge is 2.14. The minimum Gasteiger partial charge on any atom is -0.258 e. The summed E-state index contributed by atoms with van der Waals surface area (Å²) in [6.45, 7) is 2.72. The van der Waals surface area contributed by atoms with Gasteiger partial charge in [-0.25, -0.2) is 0 Å². The summed E-state index contributed by atoms with van der Waals surface area (Å²) in [6.07, 6.45) is 0. The third-order valence-corrected chi connectivity index (χ3v) is 4.15. The van der Waals surface area contributed by atoms with E-state index in [9.17, 15) is 10.1 Å². The van der Waals surface area contributed by atoms with Crippen LogP contribution in [0.15, 0.2) is 48.0 Å². The van der Waals surface area contributed by atoms with Gasteiger partial charge >= 0.3 is 0 Å². The summed E-state index contributed by atoms with van der Waals surface area (Å²) in [5.41, 5.74) is 5.53. The molecule has 3 rings (SSSR count). The smallest absolute Gasteiger partial charge is 0.258 e. The number of nitro groups is 1. The van der Waals surface area contributed by atoms with Crippen molar-refractivity contribution in [1.29, 1.82) is 0 Å². The van der Waals surface area contributed by atoms with E-state index in [4.69, 9.17) is 0 Å². The summed E-state index contributed by atoms with van der Waals surface area (Å²) in [6, 6.07) is 13.1. The molecule has 2 aromatic carbocycles. The number of thiazole rings is 1. The molecule has 20 heavy (non-hydrogen) atoms. The Labute approximate surface area is 120 Å². The van der Waals surface area contributed by atoms with E-state index < -0.39 is 0 Å². The van der Waals surface area contributed by atoms with Gasteiger partial charge in [0.15, 0.2) is 6.54 Å². The standard InChI is InChI=1S/C15H13N2O2S/c1-11-5-6-14-15(7-11)20-10-16(14)9-12-3-2-4-13(8-12)17(18)19/h2-8,10H,9H2,1H3/q+1. The molecule has 0 saturated heterocycles. The van der Waals surface area contributed by atoms with Crippen molar-refractivity contribution in [2.24, 2.45) is 0 Å². The molecule has 1 heterocycles. The van der Waals surface area contributed by atoms with Crippen LogP contribution < -0.4 is 4.57 Å². The number of rotatable bonds is 3. The lowest BCUT2D eigenvalue weighted by atomic mass is 10.2. The van der Waals surface area contributed by atoms with Crippen LogP contribution in [0.5, 0.6) is 0 Å². The van der Waals surface area contributed by atoms with Gasteiger partial charge in [0.25, 0.3) is 5.69 Å². The van der Waals surface area contributed by atoms with Crippen LogP contribution in [0, 0.1) is 17.0 Å². The van der Waals surface area contributed by atoms with Crippen LogP contribution in [0.25, 0.3) is 10.2 Å². The van der Waals surface area contributed by atoms with E-state index in [1.54, 1.807) is 23.5 Å². The second kappa shape index (κ2) is 5.02. The van der Waals surface area contributed by atoms with Gasteiger partial charge in [-0.3, -0.25) is 10.1 Å². The molecule has 0 saturated carbocycles. The number of hydrogen-bond donors (Lipinski definition) is 0. The molecule has 0 aliphatic rings. The lowest BCUT2D eigenvalue weighted by Gasteiger charge is -1.97. The van der Waals surface area contributed by atoms with E-state index >= 15 is 0 Å². The first kappa shape index (κ1) is 12.7. The quantitative estimate of drug-likeness (QED) is 0.420. The topological polar surface area (TPSA) is 47.0 Å². The van der Waals surface area contributed by atoms with Crippen molar-refractivity contribution in [3.63, 3.8) is 0 Å². The molecule has 0 bridgehead atoms. The van der Waals surface area contributed by atoms with Gasteiger partial charge in [-0.05, 0) is 18.6 Å². The Morgan fingerprint density at radius 3 is 2.90 bits per heavy atom. The Kier molecular flexibility index (Phi) is 3.20. The summed E-state index contributed by atoms with van der Waals surface area (Å²) in [5.74, 6) is 0. The molecule has 1 aromatic heterocycles. The van der Waals surface area contributed by atoms with E-state index in [2.05, 4.69) is 35.2 Å². The van der Waals surface area contributed by atoms with Crippen LogP contribution in [0.4, 0.5) is 5.69 Å². The van der Waals surface area contributed by atoms with Crippen molar-refractivity contribution >= 4 is 27.2 Å². The Balaban J connectivity index is 1.97. The van der Waals surface area contributed by atoms with Gasteiger partial charge in [0.1, 0.15) is 4.70 Å². The van der Waals surface area contributed by atoms with Crippen LogP contribution in [0.3, 0.4) is 0 Å². The maximum atomic E-state index is 10.8. The minimum atomic E-state index is -0.358. The number of nitro benzene ring substituents is 1. The highest BCUT2D eigenvalue weighted by atomic mass is 32.1. The Morgan fingerprint density at radius 1 is 1.25 bits per heavy atom. The summed E-state index contributed by atoms with van der Waals surface area (Å²) >= 11 is 1.69. The molecule has 4 nitrogen and oxygen atoms in total. The largest absolute Gasteiger partial charge is 0.269 e. The first-order valence-corrected chi connectivity index (χ1v) is 7.12. The van der Waals surface area contributed by atoms with Gasteiger partial charge < -0.3 is 0 Å². The molecule has 0 aliphatic heterocycles. The fraction of sp³-hybridized carbons (Fsp3) is 0.133. The number of non-ortho nitro benzene ring substituents is 1. The SMILES string of the molecule is Cc1ccc2c(c1)sc[n+]2Cc1cccc([N+](=O)[O-])c1. The summed E-state index contributed by atoms with van der Waals surface area (Å²) < 4.78 is 3.36. The van der Waals surface area contributed by atoms with E-state index in [0.717, 1.165) is 11.1 Å². The van der Waals surface area contributed by atoms with Crippen molar-refractivity contribution in [3.8, 4) is 0 Å². The van der Waals surface area contributed by atoms with Gasteiger partial charge in [0, 0.05) is 23.8 Å². The van der Waals surface area contributed by atoms with Crippen molar-refractivity contribution < 1.29 is 9.49 Å². The number of benzene rings is 2. The lowest BCUT2D eigenvalue weighted by Crippen LogP contribution is -2.31. The van der Waals surface area contributed by atoms with Gasteiger partial charge in [-0.1, -0.05) is 29.5 Å². The van der Waals surface area contributed by atoms with Crippen molar-refractivity contribution in [1.82, 2.24) is 0 Å². The normalized spacial score (nSPS) is 10.8. The van der Waals surface area contributed by atoms with Crippen LogP contribution >= 0.6 is 11.3 Å². The Hall–Kier alpha value is -2.27. The van der Waals surface area contributed by atoms with E-state index in [0.29, 0.717) is 6.54 Å². The van der Waals surface area contributed by atoms with Crippen LogP contribution in [-0.2, 0) is 6.54 Å². The van der Waals surface area contributed by atoms with Gasteiger partial charge in [-0.2, -0.15) is 4.57 Å². The number of aromatic nitrogens is 1. The molecule has 3 aromatic rings. The predicted octanol–water partition coefficient (Wildman–Crippen LogP) is 3.45. The van der Waals surface area contributed by atoms with E-state index in [1.807, 2.05) is 6.07 Å². The molecule has 0 spiro atoms. The minimum absolute atomic E-state index is 0.137. The second-order valence-electron chi connectivity index (χ2n) is 4.75. The Bertz CT molecular complexity index is 795. The van der Waals surface area contributed by atoms with Crippen molar-refractivity contribution in [2.45, 2.75) is 13.5 Å². The predicted molar refractivity (Wildman–Crippen MR) is 79.0 cm³/mol. The van der Waals surface area contributed by atoms with Crippen LogP contribution in [0.1, 0.15) is 11.1 Å². The first-order chi connectivity index (χ1) is 9.63. The molecule has 5 heteroatoms. The molecular formula is C15H13N2O2S+. The van der Waals surface area contributed by atoms with Gasteiger partial charge in [0.2, 0.25) is 11.0 Å². The third-order valence-electron chi connectivity index (χ3n) is 3.21. The third kappa shape index (κ3) is 2.40. The Morgan fingerprint density at radius 2 is 2.10 bits per heavy atom. The molecule has 0 amide bonds. The van der Waals surface area contributed by atoms with Crippen molar-refractivity contribution in [3.05, 3.63) is 69.2 Å². The maximum absolute atomic E-state index is 10.8. The van der Waals surface area contributed by atoms with Crippen LogP contribution in [0.2, 0.25) is 0 Å². The monoisotopic (exact) mass is 285 g/mol. The number of aryl methyl sites for hydroxylation is 1. The molecule has 0 unspecified atom stereocenters. The highest BCUT2D eigenvalue weighted by molar-refractivity contribution is 7.16. The number of hydrogen-bond acceptors (Lipinski definition) is 3. The molecule has 0 fully saturated rings. The van der Waals surface area contributed by atoms with Crippen LogP contribution in [-0.4, -0.2) is 4.92 Å². The summed E-state index contributed by atoms with van der Waals surface area (Å²) in [7, 11) is 0. The van der Waals surface area contributed by atoms with E-state index in [-0.39, 0.29) is 10.6 Å². The zero-order valence-corrected chi connectivity index (χ0v) is 11.8. The first-order valence-electron chi connectivity index (χ1n) is 6.24. The zero-order valence-electron chi connectivity index (χ0n) is 10.9. The van der Waals surface area contributed by atoms with E-state index in [1.165, 1.54) is 16.3 Å². The number of fused-ring (bicyclic) bond motifs is 1. The van der Waals surface area contributed by atoms with Gasteiger partial charge in [0.05, 0.1) is 4.92 Å². The van der Waals surface area contributed by atoms with Crippen molar-refractivity contribution in [2.75, 3.05) is 0 Å².